The average Bonchev–Trinajstić information content (AvgIpc) is 2.66. The molecule has 0 unspecified atom stereocenters. The summed E-state index contributed by atoms with van der Waals surface area (Å²) in [7, 11) is 0. The summed E-state index contributed by atoms with van der Waals surface area (Å²) in [5.74, 6) is 0.659. The highest BCUT2D eigenvalue weighted by Crippen LogP contribution is 2.11. The molecule has 0 aliphatic heterocycles. The minimum Gasteiger partial charge on any atom is -0.0683 e. The van der Waals surface area contributed by atoms with Gasteiger partial charge in [0.25, 0.3) is 0 Å². The molecule has 3 aromatic rings. The largest absolute Gasteiger partial charge is 0.0683 e. The number of rotatable bonds is 3. The van der Waals surface area contributed by atoms with Crippen molar-refractivity contribution in [1.29, 1.82) is 0 Å². The number of benzene rings is 3. The van der Waals surface area contributed by atoms with Gasteiger partial charge in [0.05, 0.1) is 0 Å². The smallest absolute Gasteiger partial charge is 0.00258 e. The fourth-order valence-electron chi connectivity index (χ4n) is 2.27. The molecule has 0 heteroatoms. The Morgan fingerprint density at radius 3 is 1.17 bits per heavy atom. The van der Waals surface area contributed by atoms with Crippen molar-refractivity contribution in [1.82, 2.24) is 0 Å². The SMILES string of the molecule is CC.CC(C)c1ccccc1.c1ccc(Cc2ccccc2)cc1. The Bertz CT molecular complexity index is 587. The van der Waals surface area contributed by atoms with Crippen molar-refractivity contribution in [2.45, 2.75) is 40.0 Å². The van der Waals surface area contributed by atoms with Crippen LogP contribution in [-0.2, 0) is 6.42 Å². The maximum absolute atomic E-state index is 2.20. The van der Waals surface area contributed by atoms with Crippen LogP contribution in [0.3, 0.4) is 0 Å². The summed E-state index contributed by atoms with van der Waals surface area (Å²) < 4.78 is 0. The molecule has 24 heavy (non-hydrogen) atoms. The zero-order valence-electron chi connectivity index (χ0n) is 15.4. The number of hydrogen-bond donors (Lipinski definition) is 0. The lowest BCUT2D eigenvalue weighted by atomic mass is 10.0. The van der Waals surface area contributed by atoms with Crippen molar-refractivity contribution in [3.8, 4) is 0 Å². The van der Waals surface area contributed by atoms with Crippen molar-refractivity contribution >= 4 is 0 Å². The van der Waals surface area contributed by atoms with E-state index in [4.69, 9.17) is 0 Å². The van der Waals surface area contributed by atoms with Crippen LogP contribution < -0.4 is 0 Å². The van der Waals surface area contributed by atoms with Crippen LogP contribution in [0.1, 0.15) is 50.3 Å². The molecule has 0 fully saturated rings. The summed E-state index contributed by atoms with van der Waals surface area (Å²) in [6.07, 6.45) is 1.03. The van der Waals surface area contributed by atoms with Crippen molar-refractivity contribution in [3.63, 3.8) is 0 Å². The van der Waals surface area contributed by atoms with Crippen LogP contribution in [-0.4, -0.2) is 0 Å². The van der Waals surface area contributed by atoms with E-state index in [0.29, 0.717) is 5.92 Å². The summed E-state index contributed by atoms with van der Waals surface area (Å²) >= 11 is 0. The van der Waals surface area contributed by atoms with Crippen LogP contribution in [0.2, 0.25) is 0 Å². The normalized spacial score (nSPS) is 9.38. The third-order valence-corrected chi connectivity index (χ3v) is 3.56. The predicted octanol–water partition coefficient (Wildman–Crippen LogP) is 7.11. The molecule has 0 radical (unpaired) electrons. The van der Waals surface area contributed by atoms with E-state index < -0.39 is 0 Å². The van der Waals surface area contributed by atoms with Crippen molar-refractivity contribution in [3.05, 3.63) is 108 Å². The molecule has 0 bridgehead atoms. The van der Waals surface area contributed by atoms with Crippen molar-refractivity contribution < 1.29 is 0 Å². The number of hydrogen-bond acceptors (Lipinski definition) is 0. The Hall–Kier alpha value is -2.34. The van der Waals surface area contributed by atoms with E-state index in [0.717, 1.165) is 6.42 Å². The summed E-state index contributed by atoms with van der Waals surface area (Å²) in [5, 5.41) is 0. The highest BCUT2D eigenvalue weighted by atomic mass is 14.0. The van der Waals surface area contributed by atoms with E-state index in [2.05, 4.69) is 98.8 Å². The van der Waals surface area contributed by atoms with Crippen molar-refractivity contribution in [2.24, 2.45) is 0 Å². The van der Waals surface area contributed by atoms with Crippen LogP contribution in [0.4, 0.5) is 0 Å². The van der Waals surface area contributed by atoms with E-state index in [1.54, 1.807) is 0 Å². The summed E-state index contributed by atoms with van der Waals surface area (Å²) in [6.45, 7) is 8.41. The first kappa shape index (κ1) is 19.7. The van der Waals surface area contributed by atoms with Gasteiger partial charge >= 0.3 is 0 Å². The molecular weight excluding hydrogens is 288 g/mol. The Labute approximate surface area is 148 Å². The van der Waals surface area contributed by atoms with Gasteiger partial charge in [-0.1, -0.05) is 119 Å². The standard InChI is InChI=1S/C13H12.C9H12.C2H6/c1-3-7-12(8-4-1)11-13-9-5-2-6-10-13;1-8(2)9-6-4-3-5-7-9;1-2/h1-10H,11H2;3-8H,1-2H3;1-2H3. The quantitative estimate of drug-likeness (QED) is 0.482. The topological polar surface area (TPSA) is 0 Å². The summed E-state index contributed by atoms with van der Waals surface area (Å²) in [4.78, 5) is 0. The van der Waals surface area contributed by atoms with Gasteiger partial charge in [-0.15, -0.1) is 0 Å². The fourth-order valence-corrected chi connectivity index (χ4v) is 2.27. The Morgan fingerprint density at radius 2 is 0.875 bits per heavy atom. The second-order valence-electron chi connectivity index (χ2n) is 5.71. The van der Waals surface area contributed by atoms with Gasteiger partial charge in [-0.2, -0.15) is 0 Å². The fraction of sp³-hybridized carbons (Fsp3) is 0.250. The molecule has 0 saturated heterocycles. The van der Waals surface area contributed by atoms with Crippen LogP contribution >= 0.6 is 0 Å². The van der Waals surface area contributed by atoms with E-state index in [1.165, 1.54) is 16.7 Å². The van der Waals surface area contributed by atoms with Crippen LogP contribution in [0.15, 0.2) is 91.0 Å². The highest BCUT2D eigenvalue weighted by molar-refractivity contribution is 5.25. The molecule has 0 N–H and O–H groups in total. The van der Waals surface area contributed by atoms with E-state index >= 15 is 0 Å². The molecule has 0 aliphatic rings. The first-order chi connectivity index (χ1) is 11.8. The maximum atomic E-state index is 2.20. The molecule has 0 atom stereocenters. The Balaban J connectivity index is 0.000000230. The molecular formula is C24H30. The van der Waals surface area contributed by atoms with Gasteiger partial charge in [-0.05, 0) is 29.0 Å². The van der Waals surface area contributed by atoms with E-state index in [9.17, 15) is 0 Å². The third kappa shape index (κ3) is 7.78. The first-order valence-corrected chi connectivity index (χ1v) is 8.88. The predicted molar refractivity (Wildman–Crippen MR) is 108 cm³/mol. The summed E-state index contributed by atoms with van der Waals surface area (Å²) in [6, 6.07) is 31.6. The molecule has 0 aliphatic carbocycles. The monoisotopic (exact) mass is 318 g/mol. The Kier molecular flexibility index (Phi) is 9.96. The van der Waals surface area contributed by atoms with Gasteiger partial charge in [0.15, 0.2) is 0 Å². The molecule has 126 valence electrons. The molecule has 3 aromatic carbocycles. The second kappa shape index (κ2) is 12.1. The summed E-state index contributed by atoms with van der Waals surface area (Å²) in [5.41, 5.74) is 4.15. The van der Waals surface area contributed by atoms with Gasteiger partial charge in [0, 0.05) is 0 Å². The first-order valence-electron chi connectivity index (χ1n) is 8.88. The van der Waals surface area contributed by atoms with Crippen molar-refractivity contribution in [2.75, 3.05) is 0 Å². The van der Waals surface area contributed by atoms with Gasteiger partial charge < -0.3 is 0 Å². The zero-order chi connectivity index (χ0) is 17.6. The van der Waals surface area contributed by atoms with E-state index in [1.807, 2.05) is 19.9 Å². The van der Waals surface area contributed by atoms with Gasteiger partial charge in [-0.25, -0.2) is 0 Å². The zero-order valence-corrected chi connectivity index (χ0v) is 15.4. The molecule has 0 spiro atoms. The second-order valence-corrected chi connectivity index (χ2v) is 5.71. The van der Waals surface area contributed by atoms with Crippen LogP contribution in [0.5, 0.6) is 0 Å². The minimum atomic E-state index is 0.659. The maximum Gasteiger partial charge on any atom is -0.00258 e. The molecule has 0 amide bonds. The van der Waals surface area contributed by atoms with E-state index in [-0.39, 0.29) is 0 Å². The molecule has 0 saturated carbocycles. The molecule has 0 aromatic heterocycles. The highest BCUT2D eigenvalue weighted by Gasteiger charge is 1.93. The van der Waals surface area contributed by atoms with Gasteiger partial charge in [-0.3, -0.25) is 0 Å². The lowest BCUT2D eigenvalue weighted by Crippen LogP contribution is -1.85. The Morgan fingerprint density at radius 1 is 0.542 bits per heavy atom. The lowest BCUT2D eigenvalue weighted by molar-refractivity contribution is 0.867. The average molecular weight is 319 g/mol. The molecule has 0 nitrogen and oxygen atoms in total. The molecule has 0 heterocycles. The van der Waals surface area contributed by atoms with Crippen LogP contribution in [0, 0.1) is 0 Å². The lowest BCUT2D eigenvalue weighted by Gasteiger charge is -2.01. The van der Waals surface area contributed by atoms with Gasteiger partial charge in [0.1, 0.15) is 0 Å². The third-order valence-electron chi connectivity index (χ3n) is 3.56. The van der Waals surface area contributed by atoms with Crippen LogP contribution in [0.25, 0.3) is 0 Å². The van der Waals surface area contributed by atoms with Gasteiger partial charge in [0.2, 0.25) is 0 Å². The molecule has 3 rings (SSSR count). The minimum absolute atomic E-state index is 0.659.